The standard InChI is InChI=1S/C6H11NO4/c8-7(9)11-5-3-1-2-4-6(5)10-4/h4-6,8-9H,1-3H2. The molecule has 1 aliphatic heterocycles. The molecule has 0 aromatic heterocycles. The van der Waals surface area contributed by atoms with Gasteiger partial charge in [0.05, 0.1) is 11.5 Å². The first-order valence-corrected chi connectivity index (χ1v) is 3.77. The Kier molecular flexibility index (Phi) is 1.82. The number of fused-ring (bicyclic) bond motifs is 1. The third-order valence-electron chi connectivity index (χ3n) is 2.20. The van der Waals surface area contributed by atoms with Crippen LogP contribution in [-0.2, 0) is 9.57 Å². The highest BCUT2D eigenvalue weighted by Gasteiger charge is 2.48. The van der Waals surface area contributed by atoms with Gasteiger partial charge in [0.2, 0.25) is 0 Å². The Bertz CT molecular complexity index is 152. The van der Waals surface area contributed by atoms with Crippen molar-refractivity contribution in [2.75, 3.05) is 0 Å². The lowest BCUT2D eigenvalue weighted by atomic mass is 9.98. The van der Waals surface area contributed by atoms with Crippen LogP contribution in [0.15, 0.2) is 0 Å². The van der Waals surface area contributed by atoms with Crippen LogP contribution < -0.4 is 0 Å². The fourth-order valence-corrected chi connectivity index (χ4v) is 1.63. The van der Waals surface area contributed by atoms with Crippen LogP contribution >= 0.6 is 0 Å². The van der Waals surface area contributed by atoms with Gasteiger partial charge in [-0.3, -0.25) is 10.4 Å². The van der Waals surface area contributed by atoms with E-state index in [0.717, 1.165) is 19.3 Å². The summed E-state index contributed by atoms with van der Waals surface area (Å²) in [7, 11) is 0. The Morgan fingerprint density at radius 2 is 2.18 bits per heavy atom. The molecule has 0 radical (unpaired) electrons. The van der Waals surface area contributed by atoms with Gasteiger partial charge in [-0.1, -0.05) is 0 Å². The maximum atomic E-state index is 8.35. The van der Waals surface area contributed by atoms with E-state index in [9.17, 15) is 0 Å². The highest BCUT2D eigenvalue weighted by atomic mass is 17.1. The van der Waals surface area contributed by atoms with E-state index in [2.05, 4.69) is 4.84 Å². The van der Waals surface area contributed by atoms with Gasteiger partial charge < -0.3 is 4.74 Å². The normalized spacial score (nSPS) is 42.3. The van der Waals surface area contributed by atoms with Crippen LogP contribution in [0.2, 0.25) is 0 Å². The van der Waals surface area contributed by atoms with Gasteiger partial charge in [0.25, 0.3) is 0 Å². The molecule has 1 saturated heterocycles. The van der Waals surface area contributed by atoms with Crippen LogP contribution in [0.5, 0.6) is 0 Å². The minimum atomic E-state index is -0.227. The van der Waals surface area contributed by atoms with E-state index in [1.807, 2.05) is 0 Å². The van der Waals surface area contributed by atoms with E-state index in [1.165, 1.54) is 0 Å². The zero-order chi connectivity index (χ0) is 7.84. The van der Waals surface area contributed by atoms with E-state index in [-0.39, 0.29) is 17.6 Å². The van der Waals surface area contributed by atoms with E-state index in [4.69, 9.17) is 15.2 Å². The first-order valence-electron chi connectivity index (χ1n) is 3.77. The summed E-state index contributed by atoms with van der Waals surface area (Å²) in [5.74, 6) is 0. The average molecular weight is 161 g/mol. The third kappa shape index (κ3) is 1.52. The molecule has 0 aromatic rings. The maximum absolute atomic E-state index is 8.35. The zero-order valence-corrected chi connectivity index (χ0v) is 6.01. The summed E-state index contributed by atoms with van der Waals surface area (Å²) in [5.41, 5.74) is 0. The number of hydrogen-bond donors (Lipinski definition) is 2. The Labute approximate surface area is 64.0 Å². The molecule has 64 valence electrons. The highest BCUT2D eigenvalue weighted by Crippen LogP contribution is 2.38. The van der Waals surface area contributed by atoms with Gasteiger partial charge in [0, 0.05) is 0 Å². The summed E-state index contributed by atoms with van der Waals surface area (Å²) in [5, 5.41) is 16.5. The highest BCUT2D eigenvalue weighted by molar-refractivity contribution is 4.95. The molecule has 2 rings (SSSR count). The summed E-state index contributed by atoms with van der Waals surface area (Å²) in [4.78, 5) is 4.66. The van der Waals surface area contributed by atoms with Crippen LogP contribution in [0.3, 0.4) is 0 Å². The fraction of sp³-hybridized carbons (Fsp3) is 1.00. The Morgan fingerprint density at radius 1 is 1.36 bits per heavy atom. The summed E-state index contributed by atoms with van der Waals surface area (Å²) < 4.78 is 5.22. The number of epoxide rings is 1. The summed E-state index contributed by atoms with van der Waals surface area (Å²) in [6.45, 7) is 0. The summed E-state index contributed by atoms with van der Waals surface area (Å²) >= 11 is 0. The minimum absolute atomic E-state index is 0.0885. The quantitative estimate of drug-likeness (QED) is 0.451. The van der Waals surface area contributed by atoms with Crippen molar-refractivity contribution in [1.29, 1.82) is 0 Å². The molecule has 1 heterocycles. The van der Waals surface area contributed by atoms with Crippen molar-refractivity contribution >= 4 is 0 Å². The fourth-order valence-electron chi connectivity index (χ4n) is 1.63. The molecule has 5 nitrogen and oxygen atoms in total. The average Bonchev–Trinajstić information content (AvgIpc) is 2.65. The Morgan fingerprint density at radius 3 is 2.91 bits per heavy atom. The molecule has 3 unspecified atom stereocenters. The van der Waals surface area contributed by atoms with Gasteiger partial charge >= 0.3 is 0 Å². The minimum Gasteiger partial charge on any atom is -0.367 e. The molecular formula is C6H11NO4. The second kappa shape index (κ2) is 2.69. The second-order valence-corrected chi connectivity index (χ2v) is 2.97. The lowest BCUT2D eigenvalue weighted by Gasteiger charge is -2.18. The van der Waals surface area contributed by atoms with Crippen LogP contribution in [0.4, 0.5) is 0 Å². The molecule has 1 saturated carbocycles. The monoisotopic (exact) mass is 161 g/mol. The number of hydrogen-bond acceptors (Lipinski definition) is 5. The van der Waals surface area contributed by atoms with Crippen molar-refractivity contribution in [2.45, 2.75) is 37.6 Å². The first kappa shape index (κ1) is 7.45. The topological polar surface area (TPSA) is 65.5 Å². The first-order chi connectivity index (χ1) is 5.27. The van der Waals surface area contributed by atoms with E-state index < -0.39 is 0 Å². The predicted octanol–water partition coefficient (Wildman–Crippen LogP) is 0.318. The molecule has 11 heavy (non-hydrogen) atoms. The molecule has 1 aliphatic carbocycles. The molecule has 0 spiro atoms. The summed E-state index contributed by atoms with van der Waals surface area (Å²) in [6, 6.07) is 0. The molecule has 5 heteroatoms. The van der Waals surface area contributed by atoms with Crippen molar-refractivity contribution in [3.63, 3.8) is 0 Å². The van der Waals surface area contributed by atoms with Gasteiger partial charge in [0.1, 0.15) is 12.2 Å². The number of rotatable bonds is 2. The predicted molar refractivity (Wildman–Crippen MR) is 32.8 cm³/mol. The van der Waals surface area contributed by atoms with Crippen molar-refractivity contribution in [2.24, 2.45) is 0 Å². The van der Waals surface area contributed by atoms with Crippen LogP contribution in [0.25, 0.3) is 0 Å². The van der Waals surface area contributed by atoms with Crippen molar-refractivity contribution in [3.05, 3.63) is 0 Å². The van der Waals surface area contributed by atoms with Crippen LogP contribution in [0, 0.1) is 0 Å². The number of ether oxygens (including phenoxy) is 1. The SMILES string of the molecule is ON(O)OC1CCCC2OC21. The van der Waals surface area contributed by atoms with Gasteiger partial charge in [-0.05, 0) is 19.3 Å². The van der Waals surface area contributed by atoms with Gasteiger partial charge in [-0.25, -0.2) is 4.84 Å². The smallest absolute Gasteiger partial charge is 0.113 e. The van der Waals surface area contributed by atoms with Crippen molar-refractivity contribution in [3.8, 4) is 0 Å². The van der Waals surface area contributed by atoms with Crippen molar-refractivity contribution in [1.82, 2.24) is 5.39 Å². The van der Waals surface area contributed by atoms with Gasteiger partial charge in [0.15, 0.2) is 0 Å². The molecule has 0 bridgehead atoms. The van der Waals surface area contributed by atoms with E-state index in [0.29, 0.717) is 6.10 Å². The maximum Gasteiger partial charge on any atom is 0.113 e. The zero-order valence-electron chi connectivity index (χ0n) is 6.01. The molecule has 0 aromatic carbocycles. The molecular weight excluding hydrogens is 150 g/mol. The second-order valence-electron chi connectivity index (χ2n) is 2.97. The van der Waals surface area contributed by atoms with E-state index in [1.54, 1.807) is 0 Å². The van der Waals surface area contributed by atoms with E-state index >= 15 is 0 Å². The van der Waals surface area contributed by atoms with Crippen LogP contribution in [-0.4, -0.2) is 34.1 Å². The lowest BCUT2D eigenvalue weighted by molar-refractivity contribution is -0.506. The largest absolute Gasteiger partial charge is 0.367 e. The molecule has 2 fully saturated rings. The molecule has 3 atom stereocenters. The van der Waals surface area contributed by atoms with Gasteiger partial charge in [-0.2, -0.15) is 0 Å². The lowest BCUT2D eigenvalue weighted by Crippen LogP contribution is -2.31. The summed E-state index contributed by atoms with van der Waals surface area (Å²) in [6.07, 6.45) is 3.14. The molecule has 0 amide bonds. The molecule has 2 N–H and O–H groups in total. The Balaban J connectivity index is 1.83. The number of nitrogens with zero attached hydrogens (tertiary/aromatic N) is 1. The molecule has 2 aliphatic rings. The Hall–Kier alpha value is -0.200. The third-order valence-corrected chi connectivity index (χ3v) is 2.20. The van der Waals surface area contributed by atoms with Crippen molar-refractivity contribution < 1.29 is 20.0 Å². The van der Waals surface area contributed by atoms with Crippen LogP contribution in [0.1, 0.15) is 19.3 Å². The van der Waals surface area contributed by atoms with Gasteiger partial charge in [-0.15, -0.1) is 0 Å².